The molecule has 0 saturated carbocycles. The van der Waals surface area contributed by atoms with Gasteiger partial charge in [0.1, 0.15) is 6.10 Å². The molecule has 3 aliphatic heterocycles. The van der Waals surface area contributed by atoms with Gasteiger partial charge in [-0.15, -0.1) is 0 Å². The van der Waals surface area contributed by atoms with Crippen LogP contribution in [0.4, 0.5) is 0 Å². The molecule has 0 aromatic rings. The van der Waals surface area contributed by atoms with Crippen molar-refractivity contribution in [2.45, 2.75) is 70.2 Å². The second-order valence-electron chi connectivity index (χ2n) is 7.22. The Labute approximate surface area is 137 Å². The van der Waals surface area contributed by atoms with Gasteiger partial charge in [0.15, 0.2) is 0 Å². The molecule has 5 heteroatoms. The minimum absolute atomic E-state index is 0.0553. The van der Waals surface area contributed by atoms with Crippen LogP contribution in [0.15, 0.2) is 12.2 Å². The van der Waals surface area contributed by atoms with E-state index in [2.05, 4.69) is 6.58 Å². The van der Waals surface area contributed by atoms with E-state index < -0.39 is 0 Å². The predicted molar refractivity (Wildman–Crippen MR) is 83.6 cm³/mol. The third-order valence-electron chi connectivity index (χ3n) is 5.22. The Balaban J connectivity index is 1.38. The van der Waals surface area contributed by atoms with Crippen molar-refractivity contribution in [1.29, 1.82) is 0 Å². The number of fused-ring (bicyclic) bond motifs is 2. The lowest BCUT2D eigenvalue weighted by atomic mass is 9.83. The van der Waals surface area contributed by atoms with Crippen molar-refractivity contribution in [2.24, 2.45) is 11.8 Å². The minimum atomic E-state index is -0.309. The first-order valence-corrected chi connectivity index (χ1v) is 8.70. The van der Waals surface area contributed by atoms with Crippen LogP contribution in [-0.4, -0.2) is 36.9 Å². The Morgan fingerprint density at radius 3 is 2.74 bits per heavy atom. The molecule has 0 spiro atoms. The van der Waals surface area contributed by atoms with Gasteiger partial charge in [0.25, 0.3) is 0 Å². The molecule has 5 atom stereocenters. The van der Waals surface area contributed by atoms with Gasteiger partial charge in [-0.1, -0.05) is 19.4 Å². The summed E-state index contributed by atoms with van der Waals surface area (Å²) >= 11 is 0. The van der Waals surface area contributed by atoms with Crippen LogP contribution >= 0.6 is 0 Å². The fourth-order valence-electron chi connectivity index (χ4n) is 4.02. The van der Waals surface area contributed by atoms with Crippen molar-refractivity contribution in [3.8, 4) is 0 Å². The van der Waals surface area contributed by atoms with Crippen molar-refractivity contribution < 1.29 is 23.8 Å². The molecule has 3 aliphatic rings. The standard InChI is InChI=1S/C18H26O5/c1-11(2)18(20)23-15-9-14-8-13(17(15)22-14)6-4-3-5-12-7-16(19)21-10-12/h12-15,17H,1,3-10H2,2H3. The Morgan fingerprint density at radius 2 is 2.09 bits per heavy atom. The zero-order valence-corrected chi connectivity index (χ0v) is 13.8. The van der Waals surface area contributed by atoms with Gasteiger partial charge in [-0.05, 0) is 32.1 Å². The van der Waals surface area contributed by atoms with Gasteiger partial charge in [0.05, 0.1) is 25.2 Å². The second-order valence-corrected chi connectivity index (χ2v) is 7.22. The Hall–Kier alpha value is -1.36. The number of ether oxygens (including phenoxy) is 3. The lowest BCUT2D eigenvalue weighted by Crippen LogP contribution is -2.34. The molecule has 0 aromatic heterocycles. The summed E-state index contributed by atoms with van der Waals surface area (Å²) in [5.41, 5.74) is 0.442. The molecule has 0 radical (unpaired) electrons. The molecule has 0 amide bonds. The van der Waals surface area contributed by atoms with E-state index in [9.17, 15) is 9.59 Å². The molecule has 0 aliphatic carbocycles. The number of carbonyl (C=O) groups excluding carboxylic acids is 2. The van der Waals surface area contributed by atoms with Gasteiger partial charge in [-0.3, -0.25) is 4.79 Å². The molecule has 2 bridgehead atoms. The number of rotatable bonds is 7. The van der Waals surface area contributed by atoms with Crippen LogP contribution in [0.5, 0.6) is 0 Å². The van der Waals surface area contributed by atoms with E-state index in [-0.39, 0.29) is 30.3 Å². The summed E-state index contributed by atoms with van der Waals surface area (Å²) in [5.74, 6) is 0.524. The van der Waals surface area contributed by atoms with Crippen molar-refractivity contribution in [2.75, 3.05) is 6.61 Å². The van der Waals surface area contributed by atoms with E-state index in [4.69, 9.17) is 14.2 Å². The van der Waals surface area contributed by atoms with E-state index in [1.807, 2.05) is 0 Å². The average molecular weight is 322 g/mol. The monoisotopic (exact) mass is 322 g/mol. The maximum Gasteiger partial charge on any atom is 0.333 e. The molecule has 0 aromatic carbocycles. The molecule has 3 saturated heterocycles. The highest BCUT2D eigenvalue weighted by Gasteiger charge is 2.49. The van der Waals surface area contributed by atoms with E-state index in [0.29, 0.717) is 30.4 Å². The topological polar surface area (TPSA) is 61.8 Å². The van der Waals surface area contributed by atoms with Crippen molar-refractivity contribution in [3.05, 3.63) is 12.2 Å². The molecule has 0 N–H and O–H groups in total. The first-order chi connectivity index (χ1) is 11.0. The minimum Gasteiger partial charge on any atom is -0.465 e. The van der Waals surface area contributed by atoms with Crippen molar-refractivity contribution in [3.63, 3.8) is 0 Å². The van der Waals surface area contributed by atoms with E-state index in [0.717, 1.165) is 38.5 Å². The summed E-state index contributed by atoms with van der Waals surface area (Å²) in [6, 6.07) is 0. The normalized spacial score (nSPS) is 35.3. The third kappa shape index (κ3) is 3.94. The third-order valence-corrected chi connectivity index (χ3v) is 5.22. The highest BCUT2D eigenvalue weighted by atomic mass is 16.6. The maximum atomic E-state index is 11.7. The van der Waals surface area contributed by atoms with Crippen LogP contribution in [0.3, 0.4) is 0 Å². The van der Waals surface area contributed by atoms with Gasteiger partial charge in [0, 0.05) is 17.9 Å². The molecular formula is C18H26O5. The Kier molecular flexibility index (Phi) is 5.05. The van der Waals surface area contributed by atoms with E-state index >= 15 is 0 Å². The van der Waals surface area contributed by atoms with Crippen LogP contribution in [-0.2, 0) is 23.8 Å². The first kappa shape index (κ1) is 16.5. The fraction of sp³-hybridized carbons (Fsp3) is 0.778. The average Bonchev–Trinajstić information content (AvgIpc) is 3.19. The Morgan fingerprint density at radius 1 is 1.30 bits per heavy atom. The van der Waals surface area contributed by atoms with Crippen LogP contribution < -0.4 is 0 Å². The van der Waals surface area contributed by atoms with Gasteiger partial charge in [-0.25, -0.2) is 4.79 Å². The number of hydrogen-bond donors (Lipinski definition) is 0. The first-order valence-electron chi connectivity index (χ1n) is 8.70. The molecular weight excluding hydrogens is 296 g/mol. The van der Waals surface area contributed by atoms with Crippen LogP contribution in [0.25, 0.3) is 0 Å². The van der Waals surface area contributed by atoms with Crippen molar-refractivity contribution in [1.82, 2.24) is 0 Å². The Bertz CT molecular complexity index is 486. The lowest BCUT2D eigenvalue weighted by molar-refractivity contribution is -0.147. The lowest BCUT2D eigenvalue weighted by Gasteiger charge is -2.26. The van der Waals surface area contributed by atoms with E-state index in [1.165, 1.54) is 0 Å². The molecule has 23 heavy (non-hydrogen) atoms. The highest BCUT2D eigenvalue weighted by Crippen LogP contribution is 2.43. The maximum absolute atomic E-state index is 11.7. The largest absolute Gasteiger partial charge is 0.465 e. The SMILES string of the molecule is C=C(C)C(=O)OC1CC2CC(CCCCC3COC(=O)C3)C1O2. The number of hydrogen-bond acceptors (Lipinski definition) is 5. The zero-order valence-electron chi connectivity index (χ0n) is 13.8. The van der Waals surface area contributed by atoms with Crippen molar-refractivity contribution >= 4 is 11.9 Å². The molecule has 3 fully saturated rings. The fourth-order valence-corrected chi connectivity index (χ4v) is 4.02. The molecule has 3 rings (SSSR count). The number of esters is 2. The van der Waals surface area contributed by atoms with Gasteiger partial charge in [-0.2, -0.15) is 0 Å². The summed E-state index contributed by atoms with van der Waals surface area (Å²) in [5, 5.41) is 0. The molecule has 5 nitrogen and oxygen atoms in total. The van der Waals surface area contributed by atoms with Crippen LogP contribution in [0, 0.1) is 11.8 Å². The van der Waals surface area contributed by atoms with Gasteiger partial charge >= 0.3 is 11.9 Å². The highest BCUT2D eigenvalue weighted by molar-refractivity contribution is 5.87. The van der Waals surface area contributed by atoms with Crippen LogP contribution in [0.2, 0.25) is 0 Å². The second kappa shape index (κ2) is 7.04. The van der Waals surface area contributed by atoms with E-state index in [1.54, 1.807) is 6.92 Å². The van der Waals surface area contributed by atoms with Crippen LogP contribution in [0.1, 0.15) is 51.9 Å². The van der Waals surface area contributed by atoms with Gasteiger partial charge < -0.3 is 14.2 Å². The molecule has 5 unspecified atom stereocenters. The summed E-state index contributed by atoms with van der Waals surface area (Å²) in [7, 11) is 0. The summed E-state index contributed by atoms with van der Waals surface area (Å²) in [4.78, 5) is 22.8. The quantitative estimate of drug-likeness (QED) is 0.410. The predicted octanol–water partition coefficient (Wildman–Crippen LogP) is 2.78. The summed E-state index contributed by atoms with van der Waals surface area (Å²) in [6.45, 7) is 5.90. The van der Waals surface area contributed by atoms with Gasteiger partial charge in [0.2, 0.25) is 0 Å². The summed E-state index contributed by atoms with van der Waals surface area (Å²) in [6.07, 6.45) is 7.08. The number of cyclic esters (lactones) is 1. The number of unbranched alkanes of at least 4 members (excludes halogenated alkanes) is 1. The molecule has 128 valence electrons. The number of carbonyl (C=O) groups is 2. The summed E-state index contributed by atoms with van der Waals surface area (Å²) < 4.78 is 16.5. The zero-order chi connectivity index (χ0) is 16.4. The molecule has 3 heterocycles. The smallest absolute Gasteiger partial charge is 0.333 e.